The maximum atomic E-state index is 12.7. The Bertz CT molecular complexity index is 489. The molecule has 1 aliphatic carbocycles. The molecule has 0 bridgehead atoms. The third-order valence-corrected chi connectivity index (χ3v) is 4.10. The Morgan fingerprint density at radius 3 is 2.11 bits per heavy atom. The lowest BCUT2D eigenvalue weighted by molar-refractivity contribution is -0.150. The van der Waals surface area contributed by atoms with E-state index in [1.165, 1.54) is 7.11 Å². The topological polar surface area (TPSA) is 55.9 Å². The Labute approximate surface area is 114 Å². The van der Waals surface area contributed by atoms with Crippen molar-refractivity contribution in [1.29, 1.82) is 0 Å². The highest BCUT2D eigenvalue weighted by Gasteiger charge is 2.86. The minimum Gasteiger partial charge on any atom is -0.466 e. The quantitative estimate of drug-likeness (QED) is 0.415. The SMILES string of the molecule is COC(=O)[C@@]12O[C@]1(C(C)(C)C)C=C(C(C)(C)C)C2=O. The van der Waals surface area contributed by atoms with Crippen molar-refractivity contribution in [3.8, 4) is 0 Å². The highest BCUT2D eigenvalue weighted by Crippen LogP contribution is 2.66. The largest absolute Gasteiger partial charge is 0.466 e. The van der Waals surface area contributed by atoms with E-state index in [9.17, 15) is 9.59 Å². The number of methoxy groups -OCH3 is 1. The summed E-state index contributed by atoms with van der Waals surface area (Å²) >= 11 is 0. The molecule has 0 aromatic rings. The number of esters is 1. The summed E-state index contributed by atoms with van der Waals surface area (Å²) in [6.07, 6.45) is 1.84. The lowest BCUT2D eigenvalue weighted by atomic mass is 9.74. The van der Waals surface area contributed by atoms with Crippen LogP contribution in [0.15, 0.2) is 11.6 Å². The van der Waals surface area contributed by atoms with Gasteiger partial charge in [0, 0.05) is 5.57 Å². The predicted octanol–water partition coefficient (Wildman–Crippen LogP) is 2.27. The summed E-state index contributed by atoms with van der Waals surface area (Å²) in [5, 5.41) is 0. The molecule has 2 atom stereocenters. The highest BCUT2D eigenvalue weighted by atomic mass is 16.7. The van der Waals surface area contributed by atoms with Gasteiger partial charge in [0.2, 0.25) is 5.78 Å². The van der Waals surface area contributed by atoms with E-state index >= 15 is 0 Å². The standard InChI is InChI=1S/C15H22O4/c1-12(2,3)9-8-14(13(4,5)6)15(19-14,10(9)16)11(17)18-7/h8H,1-7H3/t14-,15+/m0/s1. The number of Topliss-reactive ketones (excluding diaryl/α,β-unsaturated/α-hetero) is 1. The molecule has 19 heavy (non-hydrogen) atoms. The van der Waals surface area contributed by atoms with Crippen LogP contribution in [0.3, 0.4) is 0 Å². The molecule has 0 radical (unpaired) electrons. The van der Waals surface area contributed by atoms with E-state index in [1.54, 1.807) is 0 Å². The second kappa shape index (κ2) is 3.48. The van der Waals surface area contributed by atoms with Crippen molar-refractivity contribution in [1.82, 2.24) is 0 Å². The van der Waals surface area contributed by atoms with Gasteiger partial charge in [-0.25, -0.2) is 4.79 Å². The van der Waals surface area contributed by atoms with E-state index in [-0.39, 0.29) is 16.6 Å². The van der Waals surface area contributed by atoms with Crippen LogP contribution < -0.4 is 0 Å². The molecule has 0 amide bonds. The second-order valence-corrected chi connectivity index (χ2v) is 7.40. The van der Waals surface area contributed by atoms with Crippen molar-refractivity contribution in [3.63, 3.8) is 0 Å². The monoisotopic (exact) mass is 266 g/mol. The molecule has 2 rings (SSSR count). The number of carbonyl (C=O) groups is 2. The maximum absolute atomic E-state index is 12.7. The van der Waals surface area contributed by atoms with Crippen LogP contribution in [0.1, 0.15) is 41.5 Å². The van der Waals surface area contributed by atoms with Gasteiger partial charge in [-0.2, -0.15) is 0 Å². The van der Waals surface area contributed by atoms with Crippen LogP contribution in [0.25, 0.3) is 0 Å². The number of carbonyl (C=O) groups excluding carboxylic acids is 2. The molecule has 0 unspecified atom stereocenters. The first-order chi connectivity index (χ1) is 8.44. The zero-order chi connectivity index (χ0) is 14.9. The smallest absolute Gasteiger partial charge is 0.349 e. The van der Waals surface area contributed by atoms with Crippen molar-refractivity contribution in [2.45, 2.75) is 52.7 Å². The Balaban J connectivity index is 2.58. The van der Waals surface area contributed by atoms with Gasteiger partial charge in [-0.1, -0.05) is 41.5 Å². The summed E-state index contributed by atoms with van der Waals surface area (Å²) in [7, 11) is 1.29. The summed E-state index contributed by atoms with van der Waals surface area (Å²) < 4.78 is 10.5. The van der Waals surface area contributed by atoms with Gasteiger partial charge < -0.3 is 9.47 Å². The van der Waals surface area contributed by atoms with E-state index in [4.69, 9.17) is 9.47 Å². The lowest BCUT2D eigenvalue weighted by Crippen LogP contribution is -2.44. The Morgan fingerprint density at radius 2 is 1.74 bits per heavy atom. The van der Waals surface area contributed by atoms with Crippen LogP contribution in [-0.4, -0.2) is 30.1 Å². The molecule has 0 spiro atoms. The number of ether oxygens (including phenoxy) is 2. The average Bonchev–Trinajstić information content (AvgIpc) is 2.87. The molecule has 4 nitrogen and oxygen atoms in total. The van der Waals surface area contributed by atoms with E-state index in [1.807, 2.05) is 47.6 Å². The zero-order valence-corrected chi connectivity index (χ0v) is 12.7. The normalized spacial score (nSPS) is 33.8. The third-order valence-electron chi connectivity index (χ3n) is 4.10. The molecular weight excluding hydrogens is 244 g/mol. The zero-order valence-electron chi connectivity index (χ0n) is 12.7. The molecule has 1 saturated heterocycles. The van der Waals surface area contributed by atoms with Gasteiger partial charge in [-0.3, -0.25) is 4.79 Å². The van der Waals surface area contributed by atoms with Crippen molar-refractivity contribution < 1.29 is 19.1 Å². The molecule has 106 valence electrons. The molecule has 2 aliphatic rings. The van der Waals surface area contributed by atoms with Gasteiger partial charge in [-0.05, 0) is 16.9 Å². The average molecular weight is 266 g/mol. The fourth-order valence-electron chi connectivity index (χ4n) is 2.91. The molecule has 0 aromatic carbocycles. The minimum absolute atomic E-state index is 0.248. The molecule has 1 fully saturated rings. The molecule has 4 heteroatoms. The van der Waals surface area contributed by atoms with Crippen LogP contribution in [0.4, 0.5) is 0 Å². The van der Waals surface area contributed by atoms with Crippen LogP contribution in [-0.2, 0) is 19.1 Å². The first-order valence-electron chi connectivity index (χ1n) is 6.51. The number of hydrogen-bond donors (Lipinski definition) is 0. The Kier molecular flexibility index (Phi) is 2.61. The molecule has 0 saturated carbocycles. The number of hydrogen-bond acceptors (Lipinski definition) is 4. The van der Waals surface area contributed by atoms with E-state index < -0.39 is 17.2 Å². The van der Waals surface area contributed by atoms with Gasteiger partial charge in [0.1, 0.15) is 5.60 Å². The second-order valence-electron chi connectivity index (χ2n) is 7.40. The molecular formula is C15H22O4. The van der Waals surface area contributed by atoms with Crippen molar-refractivity contribution in [3.05, 3.63) is 11.6 Å². The number of fused-ring (bicyclic) bond motifs is 1. The first-order valence-corrected chi connectivity index (χ1v) is 6.51. The van der Waals surface area contributed by atoms with Crippen molar-refractivity contribution in [2.24, 2.45) is 10.8 Å². The fourth-order valence-corrected chi connectivity index (χ4v) is 2.91. The summed E-state index contributed by atoms with van der Waals surface area (Å²) in [6, 6.07) is 0. The van der Waals surface area contributed by atoms with Crippen LogP contribution in [0, 0.1) is 10.8 Å². The summed E-state index contributed by atoms with van der Waals surface area (Å²) in [6.45, 7) is 11.8. The predicted molar refractivity (Wildman–Crippen MR) is 70.6 cm³/mol. The Hall–Kier alpha value is -1.16. The van der Waals surface area contributed by atoms with Gasteiger partial charge >= 0.3 is 5.97 Å². The highest BCUT2D eigenvalue weighted by molar-refractivity contribution is 6.23. The van der Waals surface area contributed by atoms with Crippen LogP contribution >= 0.6 is 0 Å². The number of rotatable bonds is 1. The van der Waals surface area contributed by atoms with Crippen LogP contribution in [0.5, 0.6) is 0 Å². The Morgan fingerprint density at radius 1 is 1.21 bits per heavy atom. The lowest BCUT2D eigenvalue weighted by Gasteiger charge is -2.25. The fraction of sp³-hybridized carbons (Fsp3) is 0.733. The van der Waals surface area contributed by atoms with Gasteiger partial charge in [0.25, 0.3) is 5.60 Å². The third kappa shape index (κ3) is 1.49. The molecule has 1 heterocycles. The van der Waals surface area contributed by atoms with E-state index in [2.05, 4.69) is 0 Å². The van der Waals surface area contributed by atoms with Crippen molar-refractivity contribution >= 4 is 11.8 Å². The van der Waals surface area contributed by atoms with Crippen LogP contribution in [0.2, 0.25) is 0 Å². The summed E-state index contributed by atoms with van der Waals surface area (Å²) in [4.78, 5) is 24.8. The number of epoxide rings is 1. The van der Waals surface area contributed by atoms with Crippen molar-refractivity contribution in [2.75, 3.05) is 7.11 Å². The maximum Gasteiger partial charge on any atom is 0.349 e. The molecule has 0 aromatic heterocycles. The molecule has 1 aliphatic heterocycles. The van der Waals surface area contributed by atoms with Gasteiger partial charge in [0.05, 0.1) is 7.11 Å². The first kappa shape index (κ1) is 14.3. The van der Waals surface area contributed by atoms with E-state index in [0.717, 1.165) is 0 Å². The van der Waals surface area contributed by atoms with Gasteiger partial charge in [-0.15, -0.1) is 0 Å². The molecule has 0 N–H and O–H groups in total. The van der Waals surface area contributed by atoms with E-state index in [0.29, 0.717) is 5.57 Å². The summed E-state index contributed by atoms with van der Waals surface area (Å²) in [5.41, 5.74) is -2.34. The number of ketones is 1. The summed E-state index contributed by atoms with van der Waals surface area (Å²) in [5.74, 6) is -0.843. The minimum atomic E-state index is -1.46. The van der Waals surface area contributed by atoms with Gasteiger partial charge in [0.15, 0.2) is 0 Å².